The van der Waals surface area contributed by atoms with Crippen molar-refractivity contribution >= 4 is 11.5 Å². The minimum absolute atomic E-state index is 0.239. The van der Waals surface area contributed by atoms with Crippen LogP contribution >= 0.6 is 0 Å². The van der Waals surface area contributed by atoms with E-state index < -0.39 is 0 Å². The van der Waals surface area contributed by atoms with E-state index in [9.17, 15) is 4.91 Å². The zero-order valence-electron chi connectivity index (χ0n) is 15.4. The first-order valence-electron chi connectivity index (χ1n) is 8.73. The molecule has 0 aliphatic rings. The van der Waals surface area contributed by atoms with Crippen LogP contribution in [-0.2, 0) is 11.2 Å². The highest BCUT2D eigenvalue weighted by molar-refractivity contribution is 5.54. The molecule has 140 valence electrons. The number of methoxy groups -OCH3 is 1. The van der Waals surface area contributed by atoms with Crippen LogP contribution in [0.25, 0.3) is 0 Å². The molecule has 1 heterocycles. The molecule has 4 N–H and O–H groups in total. The molecule has 0 radical (unpaired) electrons. The summed E-state index contributed by atoms with van der Waals surface area (Å²) in [5.41, 5.74) is 16.0. The molecule has 1 aromatic heterocycles. The average Bonchev–Trinajstić information content (AvgIpc) is 2.67. The maximum Gasteiger partial charge on any atom is 0.128 e. The van der Waals surface area contributed by atoms with Crippen molar-refractivity contribution in [1.82, 2.24) is 4.98 Å². The first kappa shape index (κ1) is 19.8. The summed E-state index contributed by atoms with van der Waals surface area (Å²) in [5.74, 6) is 0.859. The molecule has 1 unspecified atom stereocenters. The van der Waals surface area contributed by atoms with E-state index in [2.05, 4.69) is 22.0 Å². The SMILES string of the molecule is CCN(CCOC)c1cc(C(N)c2cc(CCN=O)ccc2N)ccn1. The Hall–Kier alpha value is -2.51. The number of nitrogens with two attached hydrogens (primary N) is 2. The van der Waals surface area contributed by atoms with Crippen molar-refractivity contribution in [3.63, 3.8) is 0 Å². The van der Waals surface area contributed by atoms with E-state index >= 15 is 0 Å². The van der Waals surface area contributed by atoms with Crippen LogP contribution in [0.3, 0.4) is 0 Å². The van der Waals surface area contributed by atoms with Crippen LogP contribution in [0.15, 0.2) is 41.7 Å². The van der Waals surface area contributed by atoms with E-state index in [0.29, 0.717) is 18.7 Å². The van der Waals surface area contributed by atoms with Gasteiger partial charge in [-0.15, -0.1) is 0 Å². The number of nitrogens with zero attached hydrogens (tertiary/aromatic N) is 3. The average molecular weight is 357 g/mol. The molecule has 0 saturated carbocycles. The van der Waals surface area contributed by atoms with Gasteiger partial charge >= 0.3 is 0 Å². The van der Waals surface area contributed by atoms with Crippen LogP contribution < -0.4 is 16.4 Å². The van der Waals surface area contributed by atoms with Gasteiger partial charge in [0.15, 0.2) is 0 Å². The predicted molar refractivity (Wildman–Crippen MR) is 105 cm³/mol. The molecule has 7 heteroatoms. The number of anilines is 2. The van der Waals surface area contributed by atoms with Crippen LogP contribution in [0.4, 0.5) is 11.5 Å². The summed E-state index contributed by atoms with van der Waals surface area (Å²) >= 11 is 0. The van der Waals surface area contributed by atoms with Gasteiger partial charge in [0, 0.05) is 32.1 Å². The Morgan fingerprint density at radius 1 is 1.31 bits per heavy atom. The molecule has 2 aromatic rings. The molecule has 0 aliphatic heterocycles. The van der Waals surface area contributed by atoms with Gasteiger partial charge in [0.25, 0.3) is 0 Å². The Morgan fingerprint density at radius 3 is 2.81 bits per heavy atom. The fourth-order valence-corrected chi connectivity index (χ4v) is 2.84. The summed E-state index contributed by atoms with van der Waals surface area (Å²) in [5, 5.41) is 2.91. The van der Waals surface area contributed by atoms with Crippen LogP contribution in [0.1, 0.15) is 29.7 Å². The zero-order valence-corrected chi connectivity index (χ0v) is 15.4. The van der Waals surface area contributed by atoms with Gasteiger partial charge < -0.3 is 21.1 Å². The first-order valence-corrected chi connectivity index (χ1v) is 8.73. The normalized spacial score (nSPS) is 12.0. The van der Waals surface area contributed by atoms with Crippen LogP contribution in [0.5, 0.6) is 0 Å². The molecule has 0 fully saturated rings. The number of pyridine rings is 1. The molecule has 7 nitrogen and oxygen atoms in total. The third kappa shape index (κ3) is 5.00. The molecule has 2 rings (SSSR count). The largest absolute Gasteiger partial charge is 0.398 e. The molecule has 26 heavy (non-hydrogen) atoms. The number of likely N-dealkylation sites (N-methyl/N-ethyl adjacent to an activating group) is 1. The smallest absolute Gasteiger partial charge is 0.128 e. The monoisotopic (exact) mass is 357 g/mol. The lowest BCUT2D eigenvalue weighted by molar-refractivity contribution is 0.205. The maximum absolute atomic E-state index is 10.4. The van der Waals surface area contributed by atoms with Gasteiger partial charge in [0.1, 0.15) is 5.82 Å². The van der Waals surface area contributed by atoms with E-state index in [1.165, 1.54) is 0 Å². The fraction of sp³-hybridized carbons (Fsp3) is 0.421. The van der Waals surface area contributed by atoms with Gasteiger partial charge in [-0.1, -0.05) is 17.3 Å². The van der Waals surface area contributed by atoms with Crippen molar-refractivity contribution < 1.29 is 4.74 Å². The van der Waals surface area contributed by atoms with E-state index in [-0.39, 0.29) is 12.6 Å². The van der Waals surface area contributed by atoms with Gasteiger partial charge in [-0.25, -0.2) is 4.98 Å². The van der Waals surface area contributed by atoms with Crippen LogP contribution in [-0.4, -0.2) is 38.3 Å². The van der Waals surface area contributed by atoms with E-state index in [0.717, 1.165) is 35.6 Å². The molecule has 0 bridgehead atoms. The second kappa shape index (κ2) is 9.84. The standard InChI is InChI=1S/C19H27N5O2/c1-3-24(10-11-26-2)18-13-15(7-8-22-18)19(21)16-12-14(6-9-23-25)4-5-17(16)20/h4-5,7-8,12-13,19H,3,6,9-11,20-21H2,1-2H3. The summed E-state index contributed by atoms with van der Waals surface area (Å²) < 4.78 is 5.16. The third-order valence-electron chi connectivity index (χ3n) is 4.38. The highest BCUT2D eigenvalue weighted by atomic mass is 16.5. The number of rotatable bonds is 10. The number of benzene rings is 1. The highest BCUT2D eigenvalue weighted by Gasteiger charge is 2.15. The van der Waals surface area contributed by atoms with Crippen molar-refractivity contribution in [1.29, 1.82) is 0 Å². The van der Waals surface area contributed by atoms with Crippen LogP contribution in [0, 0.1) is 4.91 Å². The highest BCUT2D eigenvalue weighted by Crippen LogP contribution is 2.27. The summed E-state index contributed by atoms with van der Waals surface area (Å²) in [6, 6.07) is 9.20. The number of nitroso groups, excluding NO2 is 1. The second-order valence-electron chi connectivity index (χ2n) is 6.06. The van der Waals surface area contributed by atoms with Gasteiger partial charge in [-0.2, -0.15) is 4.91 Å². The summed E-state index contributed by atoms with van der Waals surface area (Å²) in [7, 11) is 1.68. The number of hydrogen-bond donors (Lipinski definition) is 2. The Kier molecular flexibility index (Phi) is 7.50. The van der Waals surface area contributed by atoms with E-state index in [4.69, 9.17) is 16.2 Å². The Balaban J connectivity index is 2.27. The summed E-state index contributed by atoms with van der Waals surface area (Å²) in [6.45, 7) is 4.53. The predicted octanol–water partition coefficient (Wildman–Crippen LogP) is 2.49. The molecule has 0 spiro atoms. The van der Waals surface area contributed by atoms with Crippen molar-refractivity contribution in [3.8, 4) is 0 Å². The van der Waals surface area contributed by atoms with Crippen molar-refractivity contribution in [2.24, 2.45) is 10.9 Å². The zero-order chi connectivity index (χ0) is 18.9. The topological polar surface area (TPSA) is 107 Å². The van der Waals surface area contributed by atoms with Gasteiger partial charge in [0.2, 0.25) is 0 Å². The summed E-state index contributed by atoms with van der Waals surface area (Å²) in [6.07, 6.45) is 2.34. The van der Waals surface area contributed by atoms with E-state index in [1.807, 2.05) is 30.3 Å². The lowest BCUT2D eigenvalue weighted by Crippen LogP contribution is -2.28. The molecular weight excluding hydrogens is 330 g/mol. The Morgan fingerprint density at radius 2 is 2.12 bits per heavy atom. The summed E-state index contributed by atoms with van der Waals surface area (Å²) in [4.78, 5) is 17.0. The molecular formula is C19H27N5O2. The third-order valence-corrected chi connectivity index (χ3v) is 4.38. The van der Waals surface area contributed by atoms with Gasteiger partial charge in [0.05, 0.1) is 19.2 Å². The number of hydrogen-bond acceptors (Lipinski definition) is 7. The number of aromatic nitrogens is 1. The first-order chi connectivity index (χ1) is 12.6. The molecule has 0 amide bonds. The number of ether oxygens (including phenoxy) is 1. The Labute approximate surface area is 154 Å². The molecule has 0 saturated heterocycles. The lowest BCUT2D eigenvalue weighted by atomic mass is 9.96. The van der Waals surface area contributed by atoms with Crippen molar-refractivity contribution in [2.75, 3.05) is 44.0 Å². The minimum Gasteiger partial charge on any atom is -0.398 e. The minimum atomic E-state index is -0.373. The fourth-order valence-electron chi connectivity index (χ4n) is 2.84. The quantitative estimate of drug-likeness (QED) is 0.500. The van der Waals surface area contributed by atoms with Crippen molar-refractivity contribution in [2.45, 2.75) is 19.4 Å². The van der Waals surface area contributed by atoms with Crippen LogP contribution in [0.2, 0.25) is 0 Å². The van der Waals surface area contributed by atoms with Gasteiger partial charge in [-0.3, -0.25) is 0 Å². The van der Waals surface area contributed by atoms with Gasteiger partial charge in [-0.05, 0) is 48.2 Å². The second-order valence-corrected chi connectivity index (χ2v) is 6.06. The Bertz CT molecular complexity index is 723. The maximum atomic E-state index is 10.4. The number of nitrogen functional groups attached to an aromatic ring is 1. The molecule has 0 aliphatic carbocycles. The molecule has 1 aromatic carbocycles. The lowest BCUT2D eigenvalue weighted by Gasteiger charge is -2.23. The van der Waals surface area contributed by atoms with Crippen molar-refractivity contribution in [3.05, 3.63) is 58.1 Å². The van der Waals surface area contributed by atoms with E-state index in [1.54, 1.807) is 13.3 Å². The molecule has 1 atom stereocenters.